The molecule has 1 aromatic heterocycles. The average molecular weight is 208 g/mol. The number of rotatable bonds is 5. The van der Waals surface area contributed by atoms with Crippen molar-refractivity contribution in [3.05, 3.63) is 18.0 Å². The molecule has 0 saturated carbocycles. The zero-order valence-corrected chi connectivity index (χ0v) is 10.0. The molecule has 0 amide bonds. The van der Waals surface area contributed by atoms with Crippen molar-refractivity contribution in [2.45, 2.75) is 40.7 Å². The zero-order valence-electron chi connectivity index (χ0n) is 10.0. The van der Waals surface area contributed by atoms with E-state index < -0.39 is 0 Å². The molecule has 1 atom stereocenters. The second kappa shape index (κ2) is 5.10. The van der Waals surface area contributed by atoms with Gasteiger partial charge in [0.1, 0.15) is 5.78 Å². The van der Waals surface area contributed by atoms with Crippen molar-refractivity contribution >= 4 is 5.78 Å². The van der Waals surface area contributed by atoms with Crippen LogP contribution in [0.1, 0.15) is 33.3 Å². The lowest BCUT2D eigenvalue weighted by Gasteiger charge is -2.12. The van der Waals surface area contributed by atoms with E-state index >= 15 is 0 Å². The van der Waals surface area contributed by atoms with Crippen LogP contribution in [0.25, 0.3) is 0 Å². The Kier molecular flexibility index (Phi) is 4.06. The van der Waals surface area contributed by atoms with Crippen LogP contribution in [0.3, 0.4) is 0 Å². The summed E-state index contributed by atoms with van der Waals surface area (Å²) in [5.74, 6) is 0.856. The van der Waals surface area contributed by atoms with Gasteiger partial charge in [-0.3, -0.25) is 9.48 Å². The summed E-state index contributed by atoms with van der Waals surface area (Å²) in [5.41, 5.74) is 1.02. The summed E-state index contributed by atoms with van der Waals surface area (Å²) < 4.78 is 1.85. The molecule has 1 unspecified atom stereocenters. The fraction of sp³-hybridized carbons (Fsp3) is 0.667. The minimum absolute atomic E-state index is 0.134. The van der Waals surface area contributed by atoms with Gasteiger partial charge in [0.25, 0.3) is 0 Å². The van der Waals surface area contributed by atoms with Gasteiger partial charge in [-0.1, -0.05) is 20.8 Å². The summed E-state index contributed by atoms with van der Waals surface area (Å²) in [5, 5.41) is 4.16. The van der Waals surface area contributed by atoms with Gasteiger partial charge in [-0.25, -0.2) is 0 Å². The minimum atomic E-state index is 0.134. The number of aryl methyl sites for hydroxylation is 1. The number of nitrogens with zero attached hydrogens (tertiary/aromatic N) is 2. The monoisotopic (exact) mass is 208 g/mol. The van der Waals surface area contributed by atoms with Gasteiger partial charge in [0.2, 0.25) is 0 Å². The van der Waals surface area contributed by atoms with Gasteiger partial charge in [0.05, 0.1) is 6.20 Å². The molecule has 3 nitrogen and oxygen atoms in total. The maximum atomic E-state index is 11.8. The molecule has 0 aromatic carbocycles. The van der Waals surface area contributed by atoms with Gasteiger partial charge < -0.3 is 0 Å². The van der Waals surface area contributed by atoms with Crippen molar-refractivity contribution < 1.29 is 4.79 Å². The van der Waals surface area contributed by atoms with Gasteiger partial charge in [0.15, 0.2) is 0 Å². The Morgan fingerprint density at radius 3 is 2.60 bits per heavy atom. The summed E-state index contributed by atoms with van der Waals surface area (Å²) >= 11 is 0. The first kappa shape index (κ1) is 12.0. The number of carbonyl (C=O) groups excluding carboxylic acids is 1. The first-order valence-corrected chi connectivity index (χ1v) is 5.58. The first-order chi connectivity index (χ1) is 7.04. The van der Waals surface area contributed by atoms with E-state index in [0.717, 1.165) is 12.1 Å². The van der Waals surface area contributed by atoms with Gasteiger partial charge >= 0.3 is 0 Å². The number of ketones is 1. The second-order valence-corrected chi connectivity index (χ2v) is 4.38. The highest BCUT2D eigenvalue weighted by Gasteiger charge is 2.17. The Morgan fingerprint density at radius 2 is 2.13 bits per heavy atom. The molecule has 1 rings (SSSR count). The predicted molar refractivity (Wildman–Crippen MR) is 60.6 cm³/mol. The fourth-order valence-corrected chi connectivity index (χ4v) is 1.40. The highest BCUT2D eigenvalue weighted by molar-refractivity contribution is 5.83. The Morgan fingerprint density at radius 1 is 1.47 bits per heavy atom. The summed E-state index contributed by atoms with van der Waals surface area (Å²) in [7, 11) is 0. The third kappa shape index (κ3) is 3.18. The normalized spacial score (nSPS) is 13.1. The van der Waals surface area contributed by atoms with Crippen LogP contribution < -0.4 is 0 Å². The number of hydrogen-bond donors (Lipinski definition) is 0. The smallest absolute Gasteiger partial charge is 0.140 e. The molecule has 0 aliphatic carbocycles. The quantitative estimate of drug-likeness (QED) is 0.744. The zero-order chi connectivity index (χ0) is 11.4. The van der Waals surface area contributed by atoms with E-state index in [4.69, 9.17) is 0 Å². The Bertz CT molecular complexity index is 328. The molecule has 0 radical (unpaired) electrons. The maximum Gasteiger partial charge on any atom is 0.140 e. The van der Waals surface area contributed by atoms with Gasteiger partial charge in [0, 0.05) is 25.1 Å². The number of hydrogen-bond acceptors (Lipinski definition) is 2. The second-order valence-electron chi connectivity index (χ2n) is 4.38. The molecule has 0 fully saturated rings. The molecule has 1 heterocycles. The van der Waals surface area contributed by atoms with Crippen molar-refractivity contribution in [1.29, 1.82) is 0 Å². The van der Waals surface area contributed by atoms with E-state index in [-0.39, 0.29) is 5.92 Å². The molecule has 84 valence electrons. The largest absolute Gasteiger partial charge is 0.299 e. The lowest BCUT2D eigenvalue weighted by atomic mass is 9.91. The van der Waals surface area contributed by atoms with Gasteiger partial charge in [-0.05, 0) is 18.4 Å². The molecule has 0 N–H and O–H groups in total. The molecule has 0 aliphatic heterocycles. The summed E-state index contributed by atoms with van der Waals surface area (Å²) in [6, 6.07) is 0. The third-order valence-electron chi connectivity index (χ3n) is 2.90. The Balaban J connectivity index is 2.58. The van der Waals surface area contributed by atoms with Crippen LogP contribution in [-0.2, 0) is 17.8 Å². The van der Waals surface area contributed by atoms with Crippen molar-refractivity contribution in [2.24, 2.45) is 11.8 Å². The van der Waals surface area contributed by atoms with Crippen molar-refractivity contribution in [1.82, 2.24) is 9.78 Å². The molecule has 0 spiro atoms. The fourth-order valence-electron chi connectivity index (χ4n) is 1.40. The van der Waals surface area contributed by atoms with E-state index in [1.165, 1.54) is 0 Å². The number of carbonyl (C=O) groups is 1. The van der Waals surface area contributed by atoms with Crippen LogP contribution >= 0.6 is 0 Å². The van der Waals surface area contributed by atoms with E-state index in [2.05, 4.69) is 18.9 Å². The van der Waals surface area contributed by atoms with Crippen molar-refractivity contribution in [2.75, 3.05) is 0 Å². The highest BCUT2D eigenvalue weighted by atomic mass is 16.1. The minimum Gasteiger partial charge on any atom is -0.299 e. The molecule has 3 heteroatoms. The van der Waals surface area contributed by atoms with Crippen LogP contribution in [0.2, 0.25) is 0 Å². The summed E-state index contributed by atoms with van der Waals surface area (Å²) in [4.78, 5) is 11.8. The van der Waals surface area contributed by atoms with Crippen molar-refractivity contribution in [3.8, 4) is 0 Å². The molecule has 0 aliphatic rings. The molecular formula is C12H20N2O. The van der Waals surface area contributed by atoms with Crippen LogP contribution in [0, 0.1) is 11.8 Å². The number of Topliss-reactive ketones (excluding diaryl/α,β-unsaturated/α-hetero) is 1. The topological polar surface area (TPSA) is 34.9 Å². The lowest BCUT2D eigenvalue weighted by molar-refractivity contribution is -0.122. The van der Waals surface area contributed by atoms with Gasteiger partial charge in [-0.2, -0.15) is 5.10 Å². The lowest BCUT2D eigenvalue weighted by Crippen LogP contribution is -2.18. The third-order valence-corrected chi connectivity index (χ3v) is 2.90. The van der Waals surface area contributed by atoms with Crippen LogP contribution in [0.15, 0.2) is 12.4 Å². The van der Waals surface area contributed by atoms with E-state index in [1.54, 1.807) is 6.20 Å². The van der Waals surface area contributed by atoms with Crippen molar-refractivity contribution in [3.63, 3.8) is 0 Å². The van der Waals surface area contributed by atoms with Crippen LogP contribution in [-0.4, -0.2) is 15.6 Å². The van der Waals surface area contributed by atoms with Crippen LogP contribution in [0.5, 0.6) is 0 Å². The van der Waals surface area contributed by atoms with E-state index in [0.29, 0.717) is 18.1 Å². The predicted octanol–water partition coefficient (Wildman–Crippen LogP) is 2.31. The average Bonchev–Trinajstić information content (AvgIpc) is 2.64. The standard InChI is InChI=1S/C12H20N2O/c1-5-14-8-11(7-13-14)6-12(15)10(4)9(2)3/h7-10H,5-6H2,1-4H3. The van der Waals surface area contributed by atoms with Crippen LogP contribution in [0.4, 0.5) is 0 Å². The first-order valence-electron chi connectivity index (χ1n) is 5.58. The highest BCUT2D eigenvalue weighted by Crippen LogP contribution is 2.13. The Labute approximate surface area is 91.5 Å². The molecule has 15 heavy (non-hydrogen) atoms. The SMILES string of the molecule is CCn1cc(CC(=O)C(C)C(C)C)cn1. The molecule has 0 saturated heterocycles. The van der Waals surface area contributed by atoms with Gasteiger partial charge in [-0.15, -0.1) is 0 Å². The summed E-state index contributed by atoms with van der Waals surface area (Å²) in [6.07, 6.45) is 4.25. The van der Waals surface area contributed by atoms with E-state index in [1.807, 2.05) is 24.7 Å². The van der Waals surface area contributed by atoms with E-state index in [9.17, 15) is 4.79 Å². The molecular weight excluding hydrogens is 188 g/mol. The summed E-state index contributed by atoms with van der Waals surface area (Å²) in [6.45, 7) is 9.05. The Hall–Kier alpha value is -1.12. The molecule has 0 bridgehead atoms. The number of aromatic nitrogens is 2. The molecule has 1 aromatic rings. The maximum absolute atomic E-state index is 11.8.